The van der Waals surface area contributed by atoms with Crippen molar-refractivity contribution in [1.82, 2.24) is 10.6 Å². The summed E-state index contributed by atoms with van der Waals surface area (Å²) in [4.78, 5) is 11.9. The first-order chi connectivity index (χ1) is 8.02. The number of rotatable bonds is 5. The molecular weight excluding hydrogens is 348 g/mol. The fourth-order valence-corrected chi connectivity index (χ4v) is 2.77. The molecule has 0 bridgehead atoms. The van der Waals surface area contributed by atoms with E-state index in [0.717, 1.165) is 15.5 Å². The average Bonchev–Trinajstić information content (AvgIpc) is 2.25. The second-order valence-corrected chi connectivity index (χ2v) is 5.86. The standard InChI is InChI=1S/C12H16Br2N2O/c1-8(6-15-2)7-16-12(17)9-3-10(13)5-11(14)4-9/h3-5,8,15H,6-7H2,1-2H3,(H,16,17). The van der Waals surface area contributed by atoms with E-state index < -0.39 is 0 Å². The van der Waals surface area contributed by atoms with Crippen LogP contribution in [0.1, 0.15) is 17.3 Å². The van der Waals surface area contributed by atoms with Gasteiger partial charge in [-0.15, -0.1) is 0 Å². The highest BCUT2D eigenvalue weighted by molar-refractivity contribution is 9.11. The number of carbonyl (C=O) groups is 1. The molecule has 3 nitrogen and oxygen atoms in total. The van der Waals surface area contributed by atoms with Gasteiger partial charge in [-0.2, -0.15) is 0 Å². The topological polar surface area (TPSA) is 41.1 Å². The van der Waals surface area contributed by atoms with Crippen molar-refractivity contribution >= 4 is 37.8 Å². The molecule has 94 valence electrons. The molecule has 17 heavy (non-hydrogen) atoms. The summed E-state index contributed by atoms with van der Waals surface area (Å²) in [7, 11) is 1.91. The number of halogens is 2. The van der Waals surface area contributed by atoms with Crippen molar-refractivity contribution in [3.05, 3.63) is 32.7 Å². The van der Waals surface area contributed by atoms with Crippen molar-refractivity contribution in [3.8, 4) is 0 Å². The molecule has 0 saturated heterocycles. The third kappa shape index (κ3) is 5.19. The Morgan fingerprint density at radius 3 is 2.35 bits per heavy atom. The molecule has 0 aliphatic rings. The normalized spacial score (nSPS) is 12.2. The van der Waals surface area contributed by atoms with Crippen molar-refractivity contribution < 1.29 is 4.79 Å². The van der Waals surface area contributed by atoms with Crippen LogP contribution in [-0.2, 0) is 0 Å². The molecule has 1 aromatic rings. The number of nitrogens with one attached hydrogen (secondary N) is 2. The maximum atomic E-state index is 11.9. The molecule has 1 aromatic carbocycles. The molecule has 0 radical (unpaired) electrons. The van der Waals surface area contributed by atoms with Gasteiger partial charge in [-0.05, 0) is 37.7 Å². The molecule has 0 fully saturated rings. The van der Waals surface area contributed by atoms with E-state index >= 15 is 0 Å². The lowest BCUT2D eigenvalue weighted by Gasteiger charge is -2.12. The van der Waals surface area contributed by atoms with E-state index in [1.54, 1.807) is 0 Å². The number of benzene rings is 1. The van der Waals surface area contributed by atoms with Gasteiger partial charge in [0, 0.05) is 21.1 Å². The Balaban J connectivity index is 2.58. The van der Waals surface area contributed by atoms with Gasteiger partial charge in [0.1, 0.15) is 0 Å². The van der Waals surface area contributed by atoms with Crippen molar-refractivity contribution in [2.24, 2.45) is 5.92 Å². The van der Waals surface area contributed by atoms with Crippen molar-refractivity contribution in [3.63, 3.8) is 0 Å². The zero-order chi connectivity index (χ0) is 12.8. The van der Waals surface area contributed by atoms with E-state index in [9.17, 15) is 4.79 Å². The van der Waals surface area contributed by atoms with Gasteiger partial charge in [0.05, 0.1) is 0 Å². The van der Waals surface area contributed by atoms with Gasteiger partial charge in [0.25, 0.3) is 5.91 Å². The van der Waals surface area contributed by atoms with E-state index in [1.807, 2.05) is 25.2 Å². The molecular formula is C12H16Br2N2O. The number of hydrogen-bond donors (Lipinski definition) is 2. The van der Waals surface area contributed by atoms with E-state index in [-0.39, 0.29) is 5.91 Å². The highest BCUT2D eigenvalue weighted by Gasteiger charge is 2.08. The molecule has 0 aliphatic carbocycles. The quantitative estimate of drug-likeness (QED) is 0.844. The molecule has 5 heteroatoms. The van der Waals surface area contributed by atoms with Gasteiger partial charge in [-0.3, -0.25) is 4.79 Å². The lowest BCUT2D eigenvalue weighted by Crippen LogP contribution is -2.32. The minimum absolute atomic E-state index is 0.0463. The van der Waals surface area contributed by atoms with Gasteiger partial charge in [-0.1, -0.05) is 38.8 Å². The van der Waals surface area contributed by atoms with Gasteiger partial charge >= 0.3 is 0 Å². The predicted molar refractivity (Wildman–Crippen MR) is 77.3 cm³/mol. The van der Waals surface area contributed by atoms with Gasteiger partial charge in [0.2, 0.25) is 0 Å². The minimum Gasteiger partial charge on any atom is -0.352 e. The SMILES string of the molecule is CNCC(C)CNC(=O)c1cc(Br)cc(Br)c1. The number of carbonyl (C=O) groups excluding carboxylic acids is 1. The molecule has 0 aliphatic heterocycles. The van der Waals surface area contributed by atoms with Crippen LogP contribution in [0.4, 0.5) is 0 Å². The van der Waals surface area contributed by atoms with Crippen LogP contribution in [0.5, 0.6) is 0 Å². The lowest BCUT2D eigenvalue weighted by atomic mass is 10.1. The highest BCUT2D eigenvalue weighted by Crippen LogP contribution is 2.19. The average molecular weight is 364 g/mol. The first-order valence-corrected chi connectivity index (χ1v) is 7.00. The summed E-state index contributed by atoms with van der Waals surface area (Å²) in [6, 6.07) is 5.52. The van der Waals surface area contributed by atoms with Crippen LogP contribution in [0.3, 0.4) is 0 Å². The molecule has 1 atom stereocenters. The second-order valence-electron chi connectivity index (χ2n) is 4.03. The summed E-state index contributed by atoms with van der Waals surface area (Å²) >= 11 is 6.73. The number of hydrogen-bond acceptors (Lipinski definition) is 2. The van der Waals surface area contributed by atoms with Crippen molar-refractivity contribution in [2.45, 2.75) is 6.92 Å². The Kier molecular flexibility index (Phi) is 6.16. The second kappa shape index (κ2) is 7.13. The summed E-state index contributed by atoms with van der Waals surface area (Å²) in [6.07, 6.45) is 0. The van der Waals surface area contributed by atoms with E-state index in [0.29, 0.717) is 18.0 Å². The molecule has 0 spiro atoms. The Morgan fingerprint density at radius 1 is 1.24 bits per heavy atom. The van der Waals surface area contributed by atoms with Gasteiger partial charge < -0.3 is 10.6 Å². The lowest BCUT2D eigenvalue weighted by molar-refractivity contribution is 0.0948. The summed E-state index contributed by atoms with van der Waals surface area (Å²) < 4.78 is 1.78. The fourth-order valence-electron chi connectivity index (χ4n) is 1.47. The molecule has 2 N–H and O–H groups in total. The number of amides is 1. The summed E-state index contributed by atoms with van der Waals surface area (Å²) in [5, 5.41) is 6.00. The Morgan fingerprint density at radius 2 is 1.82 bits per heavy atom. The monoisotopic (exact) mass is 362 g/mol. The predicted octanol–water partition coefficient (Wildman–Crippen LogP) is 2.80. The third-order valence-electron chi connectivity index (χ3n) is 2.29. The van der Waals surface area contributed by atoms with Gasteiger partial charge in [-0.25, -0.2) is 0 Å². The van der Waals surface area contributed by atoms with Crippen LogP contribution in [0.25, 0.3) is 0 Å². The van der Waals surface area contributed by atoms with E-state index in [2.05, 4.69) is 49.4 Å². The first kappa shape index (κ1) is 14.7. The van der Waals surface area contributed by atoms with E-state index in [4.69, 9.17) is 0 Å². The van der Waals surface area contributed by atoms with Crippen LogP contribution in [-0.4, -0.2) is 26.0 Å². The smallest absolute Gasteiger partial charge is 0.251 e. The molecule has 0 heterocycles. The Hall–Kier alpha value is -0.390. The first-order valence-electron chi connectivity index (χ1n) is 5.42. The van der Waals surface area contributed by atoms with Crippen LogP contribution < -0.4 is 10.6 Å². The largest absolute Gasteiger partial charge is 0.352 e. The van der Waals surface area contributed by atoms with Crippen molar-refractivity contribution in [2.75, 3.05) is 20.1 Å². The van der Waals surface area contributed by atoms with Crippen LogP contribution in [0, 0.1) is 5.92 Å². The Bertz CT molecular complexity index is 376. The fraction of sp³-hybridized carbons (Fsp3) is 0.417. The van der Waals surface area contributed by atoms with Gasteiger partial charge in [0.15, 0.2) is 0 Å². The summed E-state index contributed by atoms with van der Waals surface area (Å²) in [5.74, 6) is 0.370. The summed E-state index contributed by atoms with van der Waals surface area (Å²) in [6.45, 7) is 3.65. The van der Waals surface area contributed by atoms with Crippen LogP contribution in [0.15, 0.2) is 27.1 Å². The maximum Gasteiger partial charge on any atom is 0.251 e. The molecule has 1 rings (SSSR count). The maximum absolute atomic E-state index is 11.9. The van der Waals surface area contributed by atoms with Crippen LogP contribution in [0.2, 0.25) is 0 Å². The highest BCUT2D eigenvalue weighted by atomic mass is 79.9. The van der Waals surface area contributed by atoms with Crippen molar-refractivity contribution in [1.29, 1.82) is 0 Å². The Labute approximate surface area is 119 Å². The van der Waals surface area contributed by atoms with E-state index in [1.165, 1.54) is 0 Å². The zero-order valence-corrected chi connectivity index (χ0v) is 13.1. The summed E-state index contributed by atoms with van der Waals surface area (Å²) in [5.41, 5.74) is 0.655. The minimum atomic E-state index is -0.0463. The zero-order valence-electron chi connectivity index (χ0n) is 9.89. The molecule has 1 amide bonds. The third-order valence-corrected chi connectivity index (χ3v) is 3.20. The molecule has 0 saturated carbocycles. The van der Waals surface area contributed by atoms with Crippen LogP contribution >= 0.6 is 31.9 Å². The molecule has 1 unspecified atom stereocenters. The molecule has 0 aromatic heterocycles.